The highest BCUT2D eigenvalue weighted by Gasteiger charge is 2.32. The number of alkyl halides is 3. The molecule has 0 aromatic heterocycles. The average Bonchev–Trinajstić information content (AvgIpc) is 2.34. The summed E-state index contributed by atoms with van der Waals surface area (Å²) in [5, 5.41) is 8.52. The van der Waals surface area contributed by atoms with E-state index in [0.29, 0.717) is 11.1 Å². The topological polar surface area (TPSA) is 57.6 Å². The lowest BCUT2D eigenvalue weighted by atomic mass is 10.1. The average molecular weight is 301 g/mol. The Morgan fingerprint density at radius 1 is 1.33 bits per heavy atom. The van der Waals surface area contributed by atoms with Gasteiger partial charge in [-0.1, -0.05) is 18.2 Å². The van der Waals surface area contributed by atoms with Gasteiger partial charge in [-0.2, -0.15) is 13.2 Å². The normalized spacial score (nSPS) is 11.6. The molecule has 0 radical (unpaired) electrons. The van der Waals surface area contributed by atoms with E-state index in [-0.39, 0.29) is 6.54 Å². The Labute approximate surface area is 119 Å². The summed E-state index contributed by atoms with van der Waals surface area (Å²) in [6.07, 6.45) is -3.71. The van der Waals surface area contributed by atoms with Gasteiger partial charge in [-0.25, -0.2) is 4.79 Å². The van der Waals surface area contributed by atoms with Gasteiger partial charge in [-0.3, -0.25) is 4.79 Å². The molecule has 1 amide bonds. The van der Waals surface area contributed by atoms with E-state index in [9.17, 15) is 22.8 Å². The van der Waals surface area contributed by atoms with E-state index in [2.05, 4.69) is 0 Å². The van der Waals surface area contributed by atoms with Crippen LogP contribution in [0.1, 0.15) is 17.5 Å². The Bertz CT molecular complexity index is 553. The van der Waals surface area contributed by atoms with Gasteiger partial charge in [0.05, 0.1) is 0 Å². The maximum atomic E-state index is 12.1. The van der Waals surface area contributed by atoms with Crippen molar-refractivity contribution in [3.05, 3.63) is 41.5 Å². The van der Waals surface area contributed by atoms with Crippen LogP contribution in [0, 0.1) is 0 Å². The molecule has 0 saturated carbocycles. The predicted molar refractivity (Wildman–Crippen MR) is 70.3 cm³/mol. The van der Waals surface area contributed by atoms with E-state index in [1.54, 1.807) is 24.3 Å². The molecule has 0 unspecified atom stereocenters. The molecule has 0 aliphatic carbocycles. The fraction of sp³-hybridized carbons (Fsp3) is 0.286. The number of carboxylic acids is 1. The molecule has 114 valence electrons. The summed E-state index contributed by atoms with van der Waals surface area (Å²) in [5.41, 5.74) is 1.20. The van der Waals surface area contributed by atoms with Crippen LogP contribution < -0.4 is 0 Å². The van der Waals surface area contributed by atoms with Crippen molar-refractivity contribution >= 4 is 18.0 Å². The molecule has 0 fully saturated rings. The summed E-state index contributed by atoms with van der Waals surface area (Å²) in [6.45, 7) is 0.0175. The maximum absolute atomic E-state index is 12.1. The Morgan fingerprint density at radius 2 is 2.00 bits per heavy atom. The molecule has 0 heterocycles. The molecule has 0 aliphatic heterocycles. The maximum Gasteiger partial charge on any atom is 0.397 e. The molecular formula is C14H14F3NO3. The minimum Gasteiger partial charge on any atom is -0.478 e. The van der Waals surface area contributed by atoms with Crippen LogP contribution in [-0.2, 0) is 16.1 Å². The van der Waals surface area contributed by atoms with Gasteiger partial charge in [0, 0.05) is 19.7 Å². The van der Waals surface area contributed by atoms with Crippen LogP contribution in [0.4, 0.5) is 13.2 Å². The van der Waals surface area contributed by atoms with E-state index in [1.165, 1.54) is 13.1 Å². The Morgan fingerprint density at radius 3 is 2.57 bits per heavy atom. The van der Waals surface area contributed by atoms with Gasteiger partial charge in [-0.05, 0) is 23.3 Å². The van der Waals surface area contributed by atoms with Crippen LogP contribution >= 0.6 is 0 Å². The van der Waals surface area contributed by atoms with Crippen molar-refractivity contribution in [1.82, 2.24) is 4.90 Å². The van der Waals surface area contributed by atoms with Gasteiger partial charge < -0.3 is 10.0 Å². The fourth-order valence-electron chi connectivity index (χ4n) is 1.63. The summed E-state index contributed by atoms with van der Waals surface area (Å²) in [7, 11) is 1.29. The second kappa shape index (κ2) is 6.92. The number of nitrogens with zero attached hydrogens (tertiary/aromatic N) is 1. The minimum atomic E-state index is -4.53. The van der Waals surface area contributed by atoms with Gasteiger partial charge in [0.1, 0.15) is 6.42 Å². The number of hydrogen-bond donors (Lipinski definition) is 1. The molecule has 1 aromatic carbocycles. The summed E-state index contributed by atoms with van der Waals surface area (Å²) < 4.78 is 36.4. The first-order valence-electron chi connectivity index (χ1n) is 5.98. The van der Waals surface area contributed by atoms with E-state index in [1.807, 2.05) is 0 Å². The summed E-state index contributed by atoms with van der Waals surface area (Å²) in [4.78, 5) is 22.8. The molecule has 0 bridgehead atoms. The highest BCUT2D eigenvalue weighted by Crippen LogP contribution is 2.21. The van der Waals surface area contributed by atoms with E-state index < -0.39 is 24.5 Å². The van der Waals surface area contributed by atoms with E-state index in [0.717, 1.165) is 11.0 Å². The Hall–Kier alpha value is -2.31. The third kappa shape index (κ3) is 6.60. The first kappa shape index (κ1) is 16.7. The zero-order valence-corrected chi connectivity index (χ0v) is 11.2. The molecular weight excluding hydrogens is 287 g/mol. The monoisotopic (exact) mass is 301 g/mol. The van der Waals surface area contributed by atoms with E-state index in [4.69, 9.17) is 5.11 Å². The molecule has 0 aliphatic rings. The summed E-state index contributed by atoms with van der Waals surface area (Å²) in [5.74, 6) is -2.12. The van der Waals surface area contributed by atoms with Crippen molar-refractivity contribution in [2.75, 3.05) is 7.05 Å². The second-order valence-electron chi connectivity index (χ2n) is 4.46. The molecule has 21 heavy (non-hydrogen) atoms. The van der Waals surface area contributed by atoms with Crippen LogP contribution in [0.3, 0.4) is 0 Å². The number of rotatable bonds is 5. The number of amides is 1. The Kier molecular flexibility index (Phi) is 5.52. The molecule has 0 saturated heterocycles. The molecule has 0 spiro atoms. The zero-order chi connectivity index (χ0) is 16.0. The summed E-state index contributed by atoms with van der Waals surface area (Å²) in [6, 6.07) is 6.55. The van der Waals surface area contributed by atoms with Gasteiger partial charge in [0.2, 0.25) is 5.91 Å². The van der Waals surface area contributed by atoms with Crippen molar-refractivity contribution in [2.45, 2.75) is 19.1 Å². The quantitative estimate of drug-likeness (QED) is 0.851. The van der Waals surface area contributed by atoms with Gasteiger partial charge in [-0.15, -0.1) is 0 Å². The molecule has 1 aromatic rings. The summed E-state index contributed by atoms with van der Waals surface area (Å²) >= 11 is 0. The largest absolute Gasteiger partial charge is 0.478 e. The van der Waals surface area contributed by atoms with Crippen molar-refractivity contribution in [3.8, 4) is 0 Å². The predicted octanol–water partition coefficient (Wildman–Crippen LogP) is 2.70. The number of carbonyl (C=O) groups excluding carboxylic acids is 1. The van der Waals surface area contributed by atoms with Gasteiger partial charge >= 0.3 is 12.1 Å². The van der Waals surface area contributed by atoms with Crippen molar-refractivity contribution in [1.29, 1.82) is 0 Å². The number of carbonyl (C=O) groups is 2. The van der Waals surface area contributed by atoms with Crippen LogP contribution in [0.2, 0.25) is 0 Å². The van der Waals surface area contributed by atoms with Crippen molar-refractivity contribution in [2.24, 2.45) is 0 Å². The SMILES string of the molecule is CN(Cc1cccc(C=CC(=O)O)c1)C(=O)CC(F)(F)F. The third-order valence-corrected chi connectivity index (χ3v) is 2.57. The van der Waals surface area contributed by atoms with Crippen LogP contribution in [0.5, 0.6) is 0 Å². The minimum absolute atomic E-state index is 0.0175. The fourth-order valence-corrected chi connectivity index (χ4v) is 1.63. The standard InChI is InChI=1S/C14H14F3NO3/c1-18(12(19)8-14(15,16)17)9-11-4-2-3-10(7-11)5-6-13(20)21/h2-7H,8-9H2,1H3,(H,20,21). The first-order valence-corrected chi connectivity index (χ1v) is 5.98. The lowest BCUT2D eigenvalue weighted by Gasteiger charge is -2.18. The number of benzene rings is 1. The van der Waals surface area contributed by atoms with E-state index >= 15 is 0 Å². The molecule has 1 N–H and O–H groups in total. The number of aliphatic carboxylic acids is 1. The smallest absolute Gasteiger partial charge is 0.397 e. The first-order chi connectivity index (χ1) is 9.67. The van der Waals surface area contributed by atoms with Crippen molar-refractivity contribution < 1.29 is 27.9 Å². The Balaban J connectivity index is 2.72. The third-order valence-electron chi connectivity index (χ3n) is 2.57. The highest BCUT2D eigenvalue weighted by molar-refractivity contribution is 5.85. The van der Waals surface area contributed by atoms with Crippen molar-refractivity contribution in [3.63, 3.8) is 0 Å². The van der Waals surface area contributed by atoms with Crippen LogP contribution in [-0.4, -0.2) is 35.1 Å². The molecule has 1 rings (SSSR count). The zero-order valence-electron chi connectivity index (χ0n) is 11.2. The lowest BCUT2D eigenvalue weighted by Crippen LogP contribution is -2.30. The van der Waals surface area contributed by atoms with Gasteiger partial charge in [0.25, 0.3) is 0 Å². The van der Waals surface area contributed by atoms with Crippen LogP contribution in [0.25, 0.3) is 6.08 Å². The number of hydrogen-bond acceptors (Lipinski definition) is 2. The second-order valence-corrected chi connectivity index (χ2v) is 4.46. The highest BCUT2D eigenvalue weighted by atomic mass is 19.4. The number of halogens is 3. The number of carboxylic acid groups (broad SMARTS) is 1. The lowest BCUT2D eigenvalue weighted by molar-refractivity contribution is -0.160. The van der Waals surface area contributed by atoms with Gasteiger partial charge in [0.15, 0.2) is 0 Å². The molecule has 4 nitrogen and oxygen atoms in total. The molecule has 7 heteroatoms. The molecule has 0 atom stereocenters. The van der Waals surface area contributed by atoms with Crippen LogP contribution in [0.15, 0.2) is 30.3 Å².